The van der Waals surface area contributed by atoms with Gasteiger partial charge in [-0.2, -0.15) is 0 Å². The molecule has 4 aliphatic heterocycles. The van der Waals surface area contributed by atoms with Crippen LogP contribution in [0.5, 0.6) is 0 Å². The zero-order chi connectivity index (χ0) is 11.8. The molecule has 92 valence electrons. The van der Waals surface area contributed by atoms with Crippen LogP contribution in [0.15, 0.2) is 0 Å². The molecule has 4 fully saturated rings. The molecule has 4 bridgehead atoms. The summed E-state index contributed by atoms with van der Waals surface area (Å²) in [5.41, 5.74) is 0. The molecule has 0 N–H and O–H groups in total. The zero-order valence-corrected chi connectivity index (χ0v) is 15.0. The van der Waals surface area contributed by atoms with Crippen molar-refractivity contribution >= 4 is 74.6 Å². The largest absolute Gasteiger partial charge is 0.125 e. The second-order valence-corrected chi connectivity index (χ2v) is 14.8. The van der Waals surface area contributed by atoms with Crippen LogP contribution in [0.2, 0.25) is 0 Å². The van der Waals surface area contributed by atoms with Gasteiger partial charge in [0.1, 0.15) is 0 Å². The van der Waals surface area contributed by atoms with Crippen molar-refractivity contribution in [2.24, 2.45) is 0 Å². The molecule has 4 aliphatic rings. The van der Waals surface area contributed by atoms with Crippen molar-refractivity contribution in [2.75, 3.05) is 5.33 Å². The molecule has 16 heavy (non-hydrogen) atoms. The summed E-state index contributed by atoms with van der Waals surface area (Å²) in [4.78, 5) is 0. The van der Waals surface area contributed by atoms with Gasteiger partial charge in [0.25, 0.3) is 0 Å². The highest BCUT2D eigenvalue weighted by atomic mass is 79.9. The highest BCUT2D eigenvalue weighted by molar-refractivity contribution is 9.09. The normalized spacial score (nSPS) is 63.9. The first-order chi connectivity index (χ1) is 7.25. The summed E-state index contributed by atoms with van der Waals surface area (Å²) < 4.78 is 1.03. The Morgan fingerprint density at radius 3 is 2.06 bits per heavy atom. The van der Waals surface area contributed by atoms with Crippen LogP contribution < -0.4 is 0 Å². The lowest BCUT2D eigenvalue weighted by Crippen LogP contribution is -2.64. The maximum Gasteiger partial charge on any atom is 0.0919 e. The van der Waals surface area contributed by atoms with E-state index in [-0.39, 0.29) is 13.5 Å². The lowest BCUT2D eigenvalue weighted by atomic mass is 10.2. The van der Waals surface area contributed by atoms with Gasteiger partial charge in [0.15, 0.2) is 0 Å². The van der Waals surface area contributed by atoms with E-state index in [9.17, 15) is 0 Å². The van der Waals surface area contributed by atoms with Gasteiger partial charge in [0.2, 0.25) is 0 Å². The van der Waals surface area contributed by atoms with Crippen molar-refractivity contribution in [1.29, 1.82) is 0 Å². The van der Waals surface area contributed by atoms with Gasteiger partial charge in [-0.25, -0.2) is 0 Å². The fourth-order valence-corrected chi connectivity index (χ4v) is 17.1. The SMILES string of the molecule is CC12CC3(C)SC(C)(S1)C(Cl)C(CBr)(S2)S3. The first-order valence-corrected chi connectivity index (χ1v) is 10.1. The molecule has 0 spiro atoms. The Bertz CT molecular complexity index is 332. The van der Waals surface area contributed by atoms with Crippen LogP contribution in [0.25, 0.3) is 0 Å². The quantitative estimate of drug-likeness (QED) is 0.576. The molecule has 0 saturated carbocycles. The van der Waals surface area contributed by atoms with Gasteiger partial charge in [-0.3, -0.25) is 0 Å². The predicted molar refractivity (Wildman–Crippen MR) is 86.4 cm³/mol. The maximum atomic E-state index is 6.78. The van der Waals surface area contributed by atoms with E-state index in [4.69, 9.17) is 11.6 Å². The minimum atomic E-state index is 0.161. The molecule has 4 heterocycles. The third kappa shape index (κ3) is 1.67. The van der Waals surface area contributed by atoms with Crippen LogP contribution in [0.3, 0.4) is 0 Å². The Morgan fingerprint density at radius 1 is 1.12 bits per heavy atom. The maximum absolute atomic E-state index is 6.78. The van der Waals surface area contributed by atoms with Gasteiger partial charge in [0, 0.05) is 5.33 Å². The van der Waals surface area contributed by atoms with E-state index in [0.717, 1.165) is 5.33 Å². The molecule has 6 heteroatoms. The number of rotatable bonds is 1. The Labute approximate surface area is 128 Å². The average molecular weight is 378 g/mol. The number of alkyl halides is 2. The number of halogens is 2. The average Bonchev–Trinajstić information content (AvgIpc) is 2.09. The molecule has 3 unspecified atom stereocenters. The summed E-state index contributed by atoms with van der Waals surface area (Å²) in [6, 6.07) is 0. The van der Waals surface area contributed by atoms with E-state index >= 15 is 0 Å². The fourth-order valence-electron chi connectivity index (χ4n) is 3.13. The highest BCUT2D eigenvalue weighted by Crippen LogP contribution is 2.81. The summed E-state index contributed by atoms with van der Waals surface area (Å²) in [6.07, 6.45) is 1.28. The summed E-state index contributed by atoms with van der Waals surface area (Å²) in [5, 5.41) is 1.22. The van der Waals surface area contributed by atoms with Crippen molar-refractivity contribution in [3.8, 4) is 0 Å². The van der Waals surface area contributed by atoms with E-state index in [2.05, 4.69) is 83.7 Å². The van der Waals surface area contributed by atoms with Gasteiger partial charge in [-0.15, -0.1) is 58.6 Å². The smallest absolute Gasteiger partial charge is 0.0919 e. The Kier molecular flexibility index (Phi) is 2.99. The molecule has 0 amide bonds. The van der Waals surface area contributed by atoms with Gasteiger partial charge >= 0.3 is 0 Å². The zero-order valence-electron chi connectivity index (χ0n) is 9.38. The van der Waals surface area contributed by atoms with Crippen molar-refractivity contribution in [3.63, 3.8) is 0 Å². The van der Waals surface area contributed by atoms with E-state index in [1.54, 1.807) is 0 Å². The summed E-state index contributed by atoms with van der Waals surface area (Å²) in [5.74, 6) is 0. The molecule has 4 rings (SSSR count). The molecule has 0 nitrogen and oxygen atoms in total. The number of hydrogen-bond donors (Lipinski definition) is 0. The van der Waals surface area contributed by atoms with Crippen molar-refractivity contribution < 1.29 is 0 Å². The molecule has 0 aromatic heterocycles. The molecular formula is C10H14BrClS4. The van der Waals surface area contributed by atoms with Gasteiger partial charge in [0.05, 0.1) is 21.7 Å². The minimum Gasteiger partial charge on any atom is -0.125 e. The van der Waals surface area contributed by atoms with Crippen LogP contribution in [0, 0.1) is 0 Å². The Balaban J connectivity index is 2.11. The van der Waals surface area contributed by atoms with Crippen LogP contribution >= 0.6 is 74.6 Å². The van der Waals surface area contributed by atoms with Gasteiger partial charge < -0.3 is 0 Å². The lowest BCUT2D eigenvalue weighted by molar-refractivity contribution is 0.602. The number of thioether (sulfide) groups is 4. The first kappa shape index (κ1) is 13.2. The van der Waals surface area contributed by atoms with Crippen LogP contribution in [0.1, 0.15) is 27.2 Å². The predicted octanol–water partition coefficient (Wildman–Crippen LogP) is 5.20. The Hall–Kier alpha value is 2.17. The third-order valence-corrected chi connectivity index (χ3v) is 13.3. The summed E-state index contributed by atoms with van der Waals surface area (Å²) >= 11 is 18.9. The topological polar surface area (TPSA) is 0 Å². The highest BCUT2D eigenvalue weighted by Gasteiger charge is 2.71. The molecular weight excluding hydrogens is 364 g/mol. The molecule has 3 atom stereocenters. The monoisotopic (exact) mass is 376 g/mol. The van der Waals surface area contributed by atoms with E-state index in [1.165, 1.54) is 6.42 Å². The standard InChI is InChI=1S/C10H14BrClS4/c1-7-4-8(2)14-9(3,13-7)6(12)10(5-11,15-7)16-8/h6H,4-5H2,1-3H3. The molecule has 0 aliphatic carbocycles. The van der Waals surface area contributed by atoms with Crippen LogP contribution in [-0.2, 0) is 0 Å². The molecule has 0 radical (unpaired) electrons. The number of hydrogen-bond acceptors (Lipinski definition) is 4. The van der Waals surface area contributed by atoms with Gasteiger partial charge in [-0.1, -0.05) is 15.9 Å². The fraction of sp³-hybridized carbons (Fsp3) is 1.00. The first-order valence-electron chi connectivity index (χ1n) is 5.26. The Morgan fingerprint density at radius 2 is 1.62 bits per heavy atom. The van der Waals surface area contributed by atoms with Crippen molar-refractivity contribution in [3.05, 3.63) is 0 Å². The second-order valence-electron chi connectivity index (χ2n) is 5.18. The molecule has 4 saturated heterocycles. The lowest BCUT2D eigenvalue weighted by Gasteiger charge is -2.68. The van der Waals surface area contributed by atoms with Crippen LogP contribution in [0.4, 0.5) is 0 Å². The third-order valence-electron chi connectivity index (χ3n) is 3.29. The van der Waals surface area contributed by atoms with Gasteiger partial charge in [-0.05, 0) is 27.2 Å². The summed E-state index contributed by atoms with van der Waals surface area (Å²) in [6.45, 7) is 7.14. The van der Waals surface area contributed by atoms with E-state index in [1.807, 2.05) is 0 Å². The van der Waals surface area contributed by atoms with Crippen molar-refractivity contribution in [1.82, 2.24) is 0 Å². The van der Waals surface area contributed by atoms with Crippen LogP contribution in [-0.4, -0.2) is 27.0 Å². The van der Waals surface area contributed by atoms with E-state index in [0.29, 0.717) is 8.16 Å². The van der Waals surface area contributed by atoms with E-state index < -0.39 is 0 Å². The second kappa shape index (κ2) is 3.63. The van der Waals surface area contributed by atoms with Crippen molar-refractivity contribution in [2.45, 2.75) is 48.9 Å². The molecule has 0 aromatic rings. The molecule has 0 aromatic carbocycles. The summed E-state index contributed by atoms with van der Waals surface area (Å²) in [7, 11) is 0. The minimum absolute atomic E-state index is 0.161.